The number of esters is 2. The molecule has 0 saturated heterocycles. The van der Waals surface area contributed by atoms with Gasteiger partial charge in [-0.2, -0.15) is 0 Å². The van der Waals surface area contributed by atoms with Crippen molar-refractivity contribution in [2.75, 3.05) is 0 Å². The highest BCUT2D eigenvalue weighted by atomic mass is 28.4. The Labute approximate surface area is 284 Å². The maximum atomic E-state index is 12.9. The molecular weight excluding hydrogens is 601 g/mol. The van der Waals surface area contributed by atoms with Crippen molar-refractivity contribution in [3.05, 3.63) is 72.3 Å². The first-order valence-electron chi connectivity index (χ1n) is 18.0. The molecule has 5 nitrogen and oxygen atoms in total. The fourth-order valence-corrected chi connectivity index (χ4v) is 15.9. The van der Waals surface area contributed by atoms with E-state index in [9.17, 15) is 9.59 Å². The number of carbonyl (C=O) groups is 2. The second-order valence-corrected chi connectivity index (χ2v) is 20.8. The van der Waals surface area contributed by atoms with Gasteiger partial charge in [-0.25, -0.2) is 0 Å². The second kappa shape index (κ2) is 12.6. The highest BCUT2D eigenvalue weighted by Gasteiger charge is 2.67. The molecule has 0 aromatic heterocycles. The molecule has 0 heterocycles. The van der Waals surface area contributed by atoms with E-state index in [2.05, 4.69) is 108 Å². The highest BCUT2D eigenvalue weighted by Crippen LogP contribution is 2.68. The molecule has 9 atom stereocenters. The number of hydrogen-bond donors (Lipinski definition) is 0. The van der Waals surface area contributed by atoms with Gasteiger partial charge in [0.1, 0.15) is 12.2 Å². The summed E-state index contributed by atoms with van der Waals surface area (Å²) >= 11 is 0. The highest BCUT2D eigenvalue weighted by molar-refractivity contribution is 6.99. The number of ether oxygens (including phenoxy) is 2. The molecule has 0 spiro atoms. The molecule has 0 aliphatic heterocycles. The van der Waals surface area contributed by atoms with Crippen LogP contribution in [0.5, 0.6) is 0 Å². The van der Waals surface area contributed by atoms with E-state index >= 15 is 0 Å². The predicted octanol–water partition coefficient (Wildman–Crippen LogP) is 8.00. The van der Waals surface area contributed by atoms with Gasteiger partial charge in [0.25, 0.3) is 8.32 Å². The van der Waals surface area contributed by atoms with Crippen LogP contribution in [-0.4, -0.2) is 38.6 Å². The molecule has 0 radical (unpaired) electrons. The Morgan fingerprint density at radius 3 is 1.89 bits per heavy atom. The van der Waals surface area contributed by atoms with Crippen LogP contribution in [0.25, 0.3) is 0 Å². The normalized spacial score (nSPS) is 36.2. The first-order chi connectivity index (χ1) is 22.3. The van der Waals surface area contributed by atoms with E-state index in [0.717, 1.165) is 44.9 Å². The van der Waals surface area contributed by atoms with E-state index < -0.39 is 20.5 Å². The third-order valence-corrected chi connectivity index (χ3v) is 18.3. The number of rotatable bonds is 6. The summed E-state index contributed by atoms with van der Waals surface area (Å²) in [5.74, 6) is 0.394. The summed E-state index contributed by atoms with van der Waals surface area (Å²) in [6.45, 7) is 17.1. The van der Waals surface area contributed by atoms with Gasteiger partial charge < -0.3 is 13.9 Å². The fraction of sp³-hybridized carbons (Fsp3) is 0.610. The molecule has 47 heavy (non-hydrogen) atoms. The lowest BCUT2D eigenvalue weighted by Gasteiger charge is -2.64. The topological polar surface area (TPSA) is 61.8 Å². The first-order valence-corrected chi connectivity index (χ1v) is 20.0. The van der Waals surface area contributed by atoms with Gasteiger partial charge in [-0.1, -0.05) is 107 Å². The molecule has 4 fully saturated rings. The molecule has 0 amide bonds. The number of benzene rings is 2. The van der Waals surface area contributed by atoms with E-state index in [1.807, 2.05) is 0 Å². The summed E-state index contributed by atoms with van der Waals surface area (Å²) in [5.41, 5.74) is 1.59. The molecule has 0 N–H and O–H groups in total. The van der Waals surface area contributed by atoms with Gasteiger partial charge in [0.15, 0.2) is 0 Å². The third-order valence-electron chi connectivity index (χ3n) is 13.2. The van der Waals surface area contributed by atoms with Gasteiger partial charge in [-0.15, -0.1) is 0 Å². The summed E-state index contributed by atoms with van der Waals surface area (Å²) in [7, 11) is -2.79. The van der Waals surface area contributed by atoms with Gasteiger partial charge in [0.2, 0.25) is 0 Å². The average molecular weight is 657 g/mol. The van der Waals surface area contributed by atoms with Gasteiger partial charge in [0.05, 0.1) is 0 Å². The van der Waals surface area contributed by atoms with Crippen LogP contribution in [0.2, 0.25) is 5.04 Å². The van der Waals surface area contributed by atoms with Crippen LogP contribution in [-0.2, 0) is 23.5 Å². The molecule has 4 aliphatic carbocycles. The largest absolute Gasteiger partial charge is 0.458 e. The van der Waals surface area contributed by atoms with Crippen molar-refractivity contribution in [1.82, 2.24) is 0 Å². The zero-order valence-electron chi connectivity index (χ0n) is 29.9. The smallest absolute Gasteiger partial charge is 0.303 e. The standard InChI is InChI=1S/C41H56O5Si/c1-9-29-20-21-33-36-34(23-25-40(29,33)7)41(8)24-22-30(26-35(41)37(44-27(2)42)38(36)45-28(3)43)46-47(39(4,5)6,31-16-12-10-13-17-31)32-18-14-11-15-19-32/h9-19,30,33-38H,20-26H2,1-8H3/b29-9+/t30-,33-,34-,35+,36-,37+,38+,40+,41+/m0/s1. The lowest BCUT2D eigenvalue weighted by Crippen LogP contribution is -2.69. The summed E-state index contributed by atoms with van der Waals surface area (Å²) < 4.78 is 20.4. The van der Waals surface area contributed by atoms with Crippen molar-refractivity contribution < 1.29 is 23.5 Å². The quantitative estimate of drug-likeness (QED) is 0.179. The lowest BCUT2D eigenvalue weighted by molar-refractivity contribution is -0.237. The van der Waals surface area contributed by atoms with E-state index in [-0.39, 0.29) is 45.7 Å². The van der Waals surface area contributed by atoms with Crippen molar-refractivity contribution in [3.63, 3.8) is 0 Å². The van der Waals surface area contributed by atoms with Gasteiger partial charge >= 0.3 is 11.9 Å². The average Bonchev–Trinajstić information content (AvgIpc) is 3.37. The van der Waals surface area contributed by atoms with E-state index in [0.29, 0.717) is 11.8 Å². The maximum Gasteiger partial charge on any atom is 0.303 e. The van der Waals surface area contributed by atoms with Crippen molar-refractivity contribution in [2.45, 2.75) is 124 Å². The number of allylic oxidation sites excluding steroid dienone is 2. The number of carbonyl (C=O) groups excluding carboxylic acids is 2. The lowest BCUT2D eigenvalue weighted by atomic mass is 9.43. The van der Waals surface area contributed by atoms with Crippen LogP contribution in [0, 0.1) is 34.5 Å². The minimum atomic E-state index is -2.79. The Balaban J connectivity index is 1.43. The van der Waals surface area contributed by atoms with Crippen molar-refractivity contribution in [3.8, 4) is 0 Å². The molecule has 2 aromatic carbocycles. The van der Waals surface area contributed by atoms with Gasteiger partial charge in [-0.3, -0.25) is 9.59 Å². The van der Waals surface area contributed by atoms with E-state index in [1.54, 1.807) is 5.57 Å². The maximum absolute atomic E-state index is 12.9. The second-order valence-electron chi connectivity index (χ2n) is 16.5. The van der Waals surface area contributed by atoms with Crippen molar-refractivity contribution in [2.24, 2.45) is 34.5 Å². The Hall–Kier alpha value is -2.70. The van der Waals surface area contributed by atoms with E-state index in [1.165, 1.54) is 24.2 Å². The monoisotopic (exact) mass is 656 g/mol. The minimum Gasteiger partial charge on any atom is -0.458 e. The Kier molecular flexibility index (Phi) is 9.19. The number of fused-ring (bicyclic) bond motifs is 5. The molecule has 4 aliphatic rings. The predicted molar refractivity (Wildman–Crippen MR) is 190 cm³/mol. The zero-order chi connectivity index (χ0) is 33.8. The van der Waals surface area contributed by atoms with Crippen molar-refractivity contribution >= 4 is 30.6 Å². The zero-order valence-corrected chi connectivity index (χ0v) is 30.9. The van der Waals surface area contributed by atoms with Gasteiger partial charge in [-0.05, 0) is 89.9 Å². The van der Waals surface area contributed by atoms with E-state index in [4.69, 9.17) is 13.9 Å². The first kappa shape index (κ1) is 34.2. The van der Waals surface area contributed by atoms with Crippen LogP contribution < -0.4 is 10.4 Å². The van der Waals surface area contributed by atoms with Crippen LogP contribution in [0.1, 0.15) is 100 Å². The molecule has 6 rings (SSSR count). The Morgan fingerprint density at radius 1 is 0.787 bits per heavy atom. The van der Waals surface area contributed by atoms with Crippen LogP contribution in [0.15, 0.2) is 72.3 Å². The summed E-state index contributed by atoms with van der Waals surface area (Å²) in [5, 5.41) is 2.42. The molecule has 4 saturated carbocycles. The third kappa shape index (κ3) is 5.65. The summed E-state index contributed by atoms with van der Waals surface area (Å²) in [6, 6.07) is 21.7. The molecule has 0 bridgehead atoms. The minimum absolute atomic E-state index is 0.0121. The summed E-state index contributed by atoms with van der Waals surface area (Å²) in [4.78, 5) is 25.7. The number of hydrogen-bond acceptors (Lipinski definition) is 5. The molecule has 6 heteroatoms. The Morgan fingerprint density at radius 2 is 1.36 bits per heavy atom. The van der Waals surface area contributed by atoms with Crippen molar-refractivity contribution in [1.29, 1.82) is 0 Å². The van der Waals surface area contributed by atoms with Crippen LogP contribution in [0.4, 0.5) is 0 Å². The molecular formula is C41H56O5Si. The Bertz CT molecular complexity index is 1440. The molecule has 0 unspecified atom stereocenters. The molecule has 254 valence electrons. The molecule has 2 aromatic rings. The van der Waals surface area contributed by atoms with Crippen LogP contribution in [0.3, 0.4) is 0 Å². The SMILES string of the molecule is C/C=C1\CC[C@H]2[C@@H]3[C@@H](OC(C)=O)[C@H](OC(C)=O)[C@H]4C[C@@H](O[Si](c5ccccc5)(c5ccccc5)C(C)(C)C)CC[C@]4(C)[C@H]3CC[C@]12C. The van der Waals surface area contributed by atoms with Gasteiger partial charge in [0, 0.05) is 31.8 Å². The summed E-state index contributed by atoms with van der Waals surface area (Å²) in [6.07, 6.45) is 8.58. The fourth-order valence-electron chi connectivity index (χ4n) is 11.2. The van der Waals surface area contributed by atoms with Crippen LogP contribution >= 0.6 is 0 Å².